The molecule has 0 aromatic heterocycles. The van der Waals surface area contributed by atoms with Crippen LogP contribution in [0.15, 0.2) is 0 Å². The van der Waals surface area contributed by atoms with Crippen LogP contribution in [0, 0.1) is 0 Å². The van der Waals surface area contributed by atoms with Gasteiger partial charge in [-0.15, -0.1) is 0 Å². The van der Waals surface area contributed by atoms with Gasteiger partial charge >= 0.3 is 6.18 Å². The Morgan fingerprint density at radius 1 is 0.778 bits per heavy atom. The first-order valence-electron chi connectivity index (χ1n) is 7.99. The van der Waals surface area contributed by atoms with Gasteiger partial charge in [0.05, 0.1) is 22.6 Å². The SMILES string of the molecule is CC(C)(C)S(=O)(=O)N1C[C@@](C)(O)N(S(=O)(=O)C(C)(C)C)C[C@]1(O)C(F)(F)F. The number of piperazine rings is 1. The molecule has 13 heteroatoms. The maximum atomic E-state index is 13.7. The molecule has 162 valence electrons. The van der Waals surface area contributed by atoms with Crippen molar-refractivity contribution in [1.82, 2.24) is 8.61 Å². The Balaban J connectivity index is 3.75. The van der Waals surface area contributed by atoms with Crippen molar-refractivity contribution in [3.63, 3.8) is 0 Å². The largest absolute Gasteiger partial charge is 0.433 e. The number of aliphatic hydroxyl groups is 2. The lowest BCUT2D eigenvalue weighted by Gasteiger charge is -2.54. The molecule has 0 bridgehead atoms. The van der Waals surface area contributed by atoms with Crippen LogP contribution in [0.5, 0.6) is 0 Å². The van der Waals surface area contributed by atoms with E-state index in [2.05, 4.69) is 0 Å². The molecular formula is C14H27F3N2O6S2. The third-order valence-corrected chi connectivity index (χ3v) is 9.55. The maximum absolute atomic E-state index is 13.7. The Morgan fingerprint density at radius 2 is 1.11 bits per heavy atom. The molecule has 2 atom stereocenters. The van der Waals surface area contributed by atoms with Gasteiger partial charge < -0.3 is 10.2 Å². The predicted octanol–water partition coefficient (Wildman–Crippen LogP) is 0.820. The van der Waals surface area contributed by atoms with E-state index in [0.717, 1.165) is 27.7 Å². The average Bonchev–Trinajstić information content (AvgIpc) is 2.36. The fourth-order valence-corrected chi connectivity index (χ4v) is 5.67. The van der Waals surface area contributed by atoms with E-state index in [1.807, 2.05) is 0 Å². The molecule has 27 heavy (non-hydrogen) atoms. The summed E-state index contributed by atoms with van der Waals surface area (Å²) in [5, 5.41) is 21.0. The molecule has 1 aliphatic rings. The van der Waals surface area contributed by atoms with Gasteiger partial charge in [0.2, 0.25) is 25.8 Å². The van der Waals surface area contributed by atoms with Crippen molar-refractivity contribution in [2.75, 3.05) is 13.1 Å². The third kappa shape index (κ3) is 3.86. The van der Waals surface area contributed by atoms with Gasteiger partial charge in [-0.25, -0.2) is 16.8 Å². The Kier molecular flexibility index (Phi) is 5.70. The number of hydrogen-bond acceptors (Lipinski definition) is 6. The molecule has 0 spiro atoms. The second kappa shape index (κ2) is 6.26. The minimum atomic E-state index is -5.52. The second-order valence-electron chi connectivity index (χ2n) is 8.78. The molecule has 0 saturated carbocycles. The molecule has 1 heterocycles. The van der Waals surface area contributed by atoms with E-state index in [0.29, 0.717) is 0 Å². The van der Waals surface area contributed by atoms with Crippen molar-refractivity contribution < 1.29 is 40.2 Å². The van der Waals surface area contributed by atoms with Crippen molar-refractivity contribution >= 4 is 20.0 Å². The molecule has 0 radical (unpaired) electrons. The molecule has 8 nitrogen and oxygen atoms in total. The summed E-state index contributed by atoms with van der Waals surface area (Å²) in [4.78, 5) is 0. The highest BCUT2D eigenvalue weighted by Crippen LogP contribution is 2.45. The lowest BCUT2D eigenvalue weighted by atomic mass is 10.1. The molecule has 2 N–H and O–H groups in total. The summed E-state index contributed by atoms with van der Waals surface area (Å²) in [5.74, 6) is 0. The zero-order valence-electron chi connectivity index (χ0n) is 16.3. The lowest BCUT2D eigenvalue weighted by Crippen LogP contribution is -2.78. The number of hydrogen-bond donors (Lipinski definition) is 2. The first-order chi connectivity index (χ1) is 11.4. The summed E-state index contributed by atoms with van der Waals surface area (Å²) in [6.45, 7) is 4.92. The number of rotatable bonds is 2. The zero-order chi connectivity index (χ0) is 22.1. The fourth-order valence-electron chi connectivity index (χ4n) is 2.45. The predicted molar refractivity (Wildman–Crippen MR) is 92.4 cm³/mol. The number of sulfonamides is 2. The molecule has 0 aromatic rings. The van der Waals surface area contributed by atoms with Crippen LogP contribution in [0.2, 0.25) is 0 Å². The third-order valence-electron chi connectivity index (χ3n) is 4.34. The van der Waals surface area contributed by atoms with Crippen LogP contribution in [0.25, 0.3) is 0 Å². The molecule has 0 amide bonds. The fraction of sp³-hybridized carbons (Fsp3) is 1.00. The number of alkyl halides is 3. The molecular weight excluding hydrogens is 413 g/mol. The van der Waals surface area contributed by atoms with Crippen molar-refractivity contribution in [3.8, 4) is 0 Å². The molecule has 0 aromatic carbocycles. The van der Waals surface area contributed by atoms with Gasteiger partial charge in [-0.05, 0) is 48.5 Å². The molecule has 1 saturated heterocycles. The van der Waals surface area contributed by atoms with E-state index in [4.69, 9.17) is 0 Å². The van der Waals surface area contributed by atoms with Gasteiger partial charge in [0.25, 0.3) is 0 Å². The standard InChI is InChI=1S/C14H27F3N2O6S2/c1-10(2,3)26(22,23)18-9-13(21,14(15,16)17)19(8-12(18,7)20)27(24,25)11(4,5)6/h20-21H,8-9H2,1-7H3/t12-,13+/m1/s1. The van der Waals surface area contributed by atoms with E-state index >= 15 is 0 Å². The number of nitrogens with zero attached hydrogens (tertiary/aromatic N) is 2. The van der Waals surface area contributed by atoms with Gasteiger partial charge in [-0.3, -0.25) is 0 Å². The normalized spacial score (nSPS) is 30.5. The Bertz CT molecular complexity index is 794. The van der Waals surface area contributed by atoms with Crippen molar-refractivity contribution in [3.05, 3.63) is 0 Å². The smallest absolute Gasteiger partial charge is 0.374 e. The van der Waals surface area contributed by atoms with Gasteiger partial charge in [-0.2, -0.15) is 21.8 Å². The van der Waals surface area contributed by atoms with Gasteiger partial charge in [0.1, 0.15) is 5.72 Å². The van der Waals surface area contributed by atoms with Gasteiger partial charge in [-0.1, -0.05) is 0 Å². The topological polar surface area (TPSA) is 115 Å². The second-order valence-corrected chi connectivity index (χ2v) is 14.0. The van der Waals surface area contributed by atoms with Gasteiger partial charge in [0, 0.05) is 0 Å². The van der Waals surface area contributed by atoms with E-state index in [-0.39, 0.29) is 8.61 Å². The van der Waals surface area contributed by atoms with E-state index in [9.17, 15) is 40.2 Å². The molecule has 1 fully saturated rings. The van der Waals surface area contributed by atoms with Gasteiger partial charge in [0.15, 0.2) is 0 Å². The highest BCUT2D eigenvalue weighted by molar-refractivity contribution is 7.91. The molecule has 0 unspecified atom stereocenters. The van der Waals surface area contributed by atoms with Crippen LogP contribution in [0.3, 0.4) is 0 Å². The van der Waals surface area contributed by atoms with Crippen LogP contribution in [0.4, 0.5) is 13.2 Å². The van der Waals surface area contributed by atoms with Crippen molar-refractivity contribution in [1.29, 1.82) is 0 Å². The van der Waals surface area contributed by atoms with Crippen LogP contribution in [-0.2, 0) is 20.0 Å². The van der Waals surface area contributed by atoms with Crippen LogP contribution in [0.1, 0.15) is 48.5 Å². The maximum Gasteiger partial charge on any atom is 0.433 e. The van der Waals surface area contributed by atoms with Crippen LogP contribution in [-0.4, -0.2) is 75.9 Å². The average molecular weight is 441 g/mol. The highest BCUT2D eigenvalue weighted by Gasteiger charge is 2.69. The summed E-state index contributed by atoms with van der Waals surface area (Å²) in [5.41, 5.74) is -6.55. The summed E-state index contributed by atoms with van der Waals surface area (Å²) >= 11 is 0. The molecule has 0 aliphatic carbocycles. The summed E-state index contributed by atoms with van der Waals surface area (Å²) in [7, 11) is -9.32. The summed E-state index contributed by atoms with van der Waals surface area (Å²) in [6, 6.07) is 0. The first kappa shape index (κ1) is 24.6. The quantitative estimate of drug-likeness (QED) is 0.657. The lowest BCUT2D eigenvalue weighted by molar-refractivity contribution is -0.326. The molecule has 1 rings (SSSR count). The Labute approximate surface area is 158 Å². The van der Waals surface area contributed by atoms with Crippen molar-refractivity contribution in [2.45, 2.75) is 75.6 Å². The Morgan fingerprint density at radius 3 is 1.41 bits per heavy atom. The molecule has 1 aliphatic heterocycles. The zero-order valence-corrected chi connectivity index (χ0v) is 17.9. The minimum absolute atomic E-state index is 0.113. The van der Waals surface area contributed by atoms with E-state index in [1.165, 1.54) is 20.8 Å². The summed E-state index contributed by atoms with van der Waals surface area (Å²) in [6.07, 6.45) is -5.52. The summed E-state index contributed by atoms with van der Waals surface area (Å²) < 4.78 is 88.6. The van der Waals surface area contributed by atoms with E-state index in [1.54, 1.807) is 0 Å². The van der Waals surface area contributed by atoms with Crippen LogP contribution < -0.4 is 0 Å². The number of β-amino-alcohol motifs (C(OH)–C–C–N with tert-alkyl or cyclic N) is 2. The monoisotopic (exact) mass is 440 g/mol. The highest BCUT2D eigenvalue weighted by atomic mass is 32.2. The first-order valence-corrected chi connectivity index (χ1v) is 10.9. The van der Waals surface area contributed by atoms with E-state index < -0.39 is 60.3 Å². The Hall–Kier alpha value is -0.470. The van der Waals surface area contributed by atoms with Crippen molar-refractivity contribution in [2.24, 2.45) is 0 Å². The minimum Gasteiger partial charge on any atom is -0.374 e. The number of halogens is 3. The van der Waals surface area contributed by atoms with Crippen LogP contribution >= 0.6 is 0 Å².